The van der Waals surface area contributed by atoms with Crippen molar-refractivity contribution in [2.75, 3.05) is 0 Å². The van der Waals surface area contributed by atoms with Gasteiger partial charge in [0.2, 0.25) is 0 Å². The van der Waals surface area contributed by atoms with E-state index in [1.165, 1.54) is 24.8 Å². The number of hydrogen-bond acceptors (Lipinski definition) is 0. The van der Waals surface area contributed by atoms with E-state index in [1.807, 2.05) is 12.1 Å². The highest BCUT2D eigenvalue weighted by atomic mass is 14.0. The van der Waals surface area contributed by atoms with Gasteiger partial charge in [-0.05, 0) is 37.0 Å². The molecule has 1 aromatic rings. The molecule has 1 rings (SSSR count). The average Bonchev–Trinajstić information content (AvgIpc) is 2.19. The molecule has 0 aliphatic heterocycles. The molecule has 1 radical (unpaired) electrons. The van der Waals surface area contributed by atoms with Gasteiger partial charge in [-0.25, -0.2) is 0 Å². The predicted molar refractivity (Wildman–Crippen MR) is 55.9 cm³/mol. The first kappa shape index (κ1) is 9.86. The second kappa shape index (κ2) is 5.43. The van der Waals surface area contributed by atoms with Crippen molar-refractivity contribution in [1.29, 1.82) is 0 Å². The Balaban J connectivity index is 2.46. The standard InChI is InChI=1S/C13H15/c1-3-5-6-7-13-10-8-12(4-2)9-11-13/h8-11H,3,5-7H2,1H3. The Hall–Kier alpha value is -1.22. The molecular formula is C13H15. The van der Waals surface area contributed by atoms with Gasteiger partial charge in [-0.2, -0.15) is 0 Å². The Morgan fingerprint density at radius 2 is 1.85 bits per heavy atom. The average molecular weight is 171 g/mol. The summed E-state index contributed by atoms with van der Waals surface area (Å²) in [6.07, 6.45) is 11.9. The van der Waals surface area contributed by atoms with Crippen LogP contribution in [0.4, 0.5) is 0 Å². The minimum atomic E-state index is 0.860. The molecule has 0 fully saturated rings. The van der Waals surface area contributed by atoms with Crippen molar-refractivity contribution in [2.24, 2.45) is 0 Å². The highest BCUT2D eigenvalue weighted by Gasteiger charge is 1.92. The van der Waals surface area contributed by atoms with Crippen LogP contribution in [0.3, 0.4) is 0 Å². The van der Waals surface area contributed by atoms with Gasteiger partial charge in [-0.15, -0.1) is 0 Å². The van der Waals surface area contributed by atoms with Crippen LogP contribution in [0, 0.1) is 12.3 Å². The fourth-order valence-corrected chi connectivity index (χ4v) is 1.33. The zero-order valence-electron chi connectivity index (χ0n) is 8.14. The molecule has 0 saturated heterocycles. The van der Waals surface area contributed by atoms with E-state index >= 15 is 0 Å². The van der Waals surface area contributed by atoms with Crippen molar-refractivity contribution >= 4 is 0 Å². The van der Waals surface area contributed by atoms with Crippen LogP contribution in [-0.4, -0.2) is 0 Å². The van der Waals surface area contributed by atoms with Crippen molar-refractivity contribution in [1.82, 2.24) is 0 Å². The number of unbranched alkanes of at least 4 members (excludes halogenated alkanes) is 2. The lowest BCUT2D eigenvalue weighted by atomic mass is 10.1. The van der Waals surface area contributed by atoms with Crippen LogP contribution in [0.15, 0.2) is 24.3 Å². The summed E-state index contributed by atoms with van der Waals surface area (Å²) < 4.78 is 0. The smallest absolute Gasteiger partial charge is 0.0255 e. The predicted octanol–water partition coefficient (Wildman–Crippen LogP) is 3.36. The minimum Gasteiger partial charge on any atom is -0.0654 e. The fraction of sp³-hybridized carbons (Fsp3) is 0.385. The third-order valence-electron chi connectivity index (χ3n) is 2.17. The molecule has 0 saturated carbocycles. The molecule has 0 nitrogen and oxygen atoms in total. The molecule has 0 spiro atoms. The summed E-state index contributed by atoms with van der Waals surface area (Å²) in [6, 6.07) is 8.08. The van der Waals surface area contributed by atoms with Gasteiger partial charge in [-0.1, -0.05) is 37.8 Å². The maximum Gasteiger partial charge on any atom is 0.0255 e. The summed E-state index contributed by atoms with van der Waals surface area (Å²) in [5, 5.41) is 0. The number of hydrogen-bond donors (Lipinski definition) is 0. The number of rotatable bonds is 4. The first-order valence-electron chi connectivity index (χ1n) is 4.88. The quantitative estimate of drug-likeness (QED) is 0.481. The van der Waals surface area contributed by atoms with Crippen molar-refractivity contribution in [3.05, 3.63) is 41.8 Å². The Labute approximate surface area is 81.0 Å². The molecule has 67 valence electrons. The molecule has 0 heteroatoms. The number of benzene rings is 1. The van der Waals surface area contributed by atoms with E-state index in [2.05, 4.69) is 25.0 Å². The molecule has 0 unspecified atom stereocenters. The van der Waals surface area contributed by atoms with Gasteiger partial charge in [0, 0.05) is 5.56 Å². The van der Waals surface area contributed by atoms with Gasteiger partial charge in [0.05, 0.1) is 0 Å². The van der Waals surface area contributed by atoms with E-state index in [0.717, 1.165) is 12.0 Å². The van der Waals surface area contributed by atoms with Crippen LogP contribution >= 0.6 is 0 Å². The molecule has 0 amide bonds. The van der Waals surface area contributed by atoms with Crippen LogP contribution in [0.1, 0.15) is 37.3 Å². The molecule has 0 N–H and O–H groups in total. The zero-order valence-corrected chi connectivity index (χ0v) is 8.14. The van der Waals surface area contributed by atoms with Gasteiger partial charge >= 0.3 is 0 Å². The van der Waals surface area contributed by atoms with E-state index in [1.54, 1.807) is 0 Å². The zero-order chi connectivity index (χ0) is 9.52. The minimum absolute atomic E-state index is 0.860. The van der Waals surface area contributed by atoms with Gasteiger partial charge in [0.15, 0.2) is 0 Å². The van der Waals surface area contributed by atoms with Gasteiger partial charge in [-0.3, -0.25) is 0 Å². The summed E-state index contributed by atoms with van der Waals surface area (Å²) in [6.45, 7) is 2.22. The molecule has 0 bridgehead atoms. The molecule has 0 aromatic heterocycles. The normalized spacial score (nSPS) is 9.54. The summed E-state index contributed by atoms with van der Waals surface area (Å²) >= 11 is 0. The maximum absolute atomic E-state index is 6.93. The van der Waals surface area contributed by atoms with E-state index < -0.39 is 0 Å². The van der Waals surface area contributed by atoms with E-state index in [4.69, 9.17) is 6.42 Å². The summed E-state index contributed by atoms with van der Waals surface area (Å²) in [5.74, 6) is 2.37. The Morgan fingerprint density at radius 3 is 2.38 bits per heavy atom. The summed E-state index contributed by atoms with van der Waals surface area (Å²) in [4.78, 5) is 0. The lowest BCUT2D eigenvalue weighted by Crippen LogP contribution is -1.85. The molecule has 13 heavy (non-hydrogen) atoms. The molecule has 0 aliphatic carbocycles. The monoisotopic (exact) mass is 171 g/mol. The first-order valence-corrected chi connectivity index (χ1v) is 4.88. The van der Waals surface area contributed by atoms with Gasteiger partial charge < -0.3 is 0 Å². The molecule has 0 aliphatic rings. The highest BCUT2D eigenvalue weighted by molar-refractivity contribution is 5.32. The second-order valence-electron chi connectivity index (χ2n) is 3.28. The maximum atomic E-state index is 6.93. The summed E-state index contributed by atoms with van der Waals surface area (Å²) in [7, 11) is 0. The van der Waals surface area contributed by atoms with Crippen molar-refractivity contribution < 1.29 is 0 Å². The third kappa shape index (κ3) is 3.34. The number of aryl methyl sites for hydroxylation is 1. The van der Waals surface area contributed by atoms with Crippen LogP contribution in [-0.2, 0) is 6.42 Å². The van der Waals surface area contributed by atoms with E-state index in [-0.39, 0.29) is 0 Å². The van der Waals surface area contributed by atoms with Crippen LogP contribution in [0.5, 0.6) is 0 Å². The molecular weight excluding hydrogens is 156 g/mol. The Morgan fingerprint density at radius 1 is 1.15 bits per heavy atom. The lowest BCUT2D eigenvalue weighted by molar-refractivity contribution is 0.717. The third-order valence-corrected chi connectivity index (χ3v) is 2.17. The van der Waals surface area contributed by atoms with Crippen LogP contribution < -0.4 is 0 Å². The van der Waals surface area contributed by atoms with Crippen LogP contribution in [0.2, 0.25) is 0 Å². The van der Waals surface area contributed by atoms with Crippen molar-refractivity contribution in [3.8, 4) is 5.92 Å². The SMILES string of the molecule is [C]#Cc1ccc(CCCCC)cc1. The van der Waals surface area contributed by atoms with Crippen molar-refractivity contribution in [3.63, 3.8) is 0 Å². The molecule has 0 heterocycles. The highest BCUT2D eigenvalue weighted by Crippen LogP contribution is 2.07. The van der Waals surface area contributed by atoms with Gasteiger partial charge in [0.1, 0.15) is 0 Å². The Kier molecular flexibility index (Phi) is 4.12. The van der Waals surface area contributed by atoms with Gasteiger partial charge in [0.25, 0.3) is 0 Å². The second-order valence-corrected chi connectivity index (χ2v) is 3.28. The fourth-order valence-electron chi connectivity index (χ4n) is 1.33. The van der Waals surface area contributed by atoms with Crippen molar-refractivity contribution in [2.45, 2.75) is 32.6 Å². The largest absolute Gasteiger partial charge is 0.0654 e. The topological polar surface area (TPSA) is 0 Å². The lowest BCUT2D eigenvalue weighted by Gasteiger charge is -1.99. The first-order chi connectivity index (χ1) is 6.36. The Bertz CT molecular complexity index is 274. The summed E-state index contributed by atoms with van der Waals surface area (Å²) in [5.41, 5.74) is 2.23. The van der Waals surface area contributed by atoms with E-state index in [0.29, 0.717) is 0 Å². The molecule has 1 aromatic carbocycles. The molecule has 0 atom stereocenters. The van der Waals surface area contributed by atoms with E-state index in [9.17, 15) is 0 Å². The van der Waals surface area contributed by atoms with Crippen LogP contribution in [0.25, 0.3) is 0 Å².